The highest BCUT2D eigenvalue weighted by Gasteiger charge is 2.32. The monoisotopic (exact) mass is 345 g/mol. The van der Waals surface area contributed by atoms with Gasteiger partial charge in [-0.05, 0) is 41.5 Å². The van der Waals surface area contributed by atoms with Crippen molar-refractivity contribution in [1.29, 1.82) is 0 Å². The Bertz CT molecular complexity index is 995. The molecule has 7 heteroatoms. The number of halogens is 2. The molecule has 2 aromatic carbocycles. The van der Waals surface area contributed by atoms with E-state index in [0.717, 1.165) is 5.39 Å². The van der Waals surface area contributed by atoms with Gasteiger partial charge in [0.15, 0.2) is 5.58 Å². The largest absolute Gasteiger partial charge is 0.435 e. The van der Waals surface area contributed by atoms with Gasteiger partial charge in [-0.2, -0.15) is 8.78 Å². The topological polar surface area (TPSA) is 69.4 Å². The predicted molar refractivity (Wildman–Crippen MR) is 84.8 cm³/mol. The third-order valence-electron chi connectivity index (χ3n) is 4.48. The summed E-state index contributed by atoms with van der Waals surface area (Å²) >= 11 is 0. The Morgan fingerprint density at radius 2 is 2.04 bits per heavy atom. The molecule has 0 spiro atoms. The number of carbonyl (C=O) groups is 2. The highest BCUT2D eigenvalue weighted by molar-refractivity contribution is 6.11. The summed E-state index contributed by atoms with van der Waals surface area (Å²) in [6.45, 7) is -2.90. The van der Waals surface area contributed by atoms with Crippen LogP contribution in [-0.4, -0.2) is 23.3 Å². The number of ether oxygens (including phenoxy) is 1. The van der Waals surface area contributed by atoms with E-state index in [-0.39, 0.29) is 23.7 Å². The standard InChI is InChI=1S/C18H13F2NO4/c19-18(20)24-11-3-5-12-9(7-11)1-6-15-16(12)17(21-25-15)13-4-2-10(22)8-14(13)23/h1,3,5-7,13,18H,2,4,8H2/t13-/m0/s1. The average molecular weight is 345 g/mol. The molecule has 0 unspecified atom stereocenters. The predicted octanol–water partition coefficient (Wildman–Crippen LogP) is 3.99. The molecule has 5 nitrogen and oxygen atoms in total. The molecular formula is C18H13F2NO4. The lowest BCUT2D eigenvalue weighted by Crippen LogP contribution is -2.23. The summed E-state index contributed by atoms with van der Waals surface area (Å²) in [5.74, 6) is -0.658. The summed E-state index contributed by atoms with van der Waals surface area (Å²) < 4.78 is 34.6. The number of benzene rings is 2. The van der Waals surface area contributed by atoms with Gasteiger partial charge in [-0.25, -0.2) is 0 Å². The number of nitrogens with zero attached hydrogens (tertiary/aromatic N) is 1. The molecular weight excluding hydrogens is 332 g/mol. The van der Waals surface area contributed by atoms with Crippen molar-refractivity contribution >= 4 is 33.3 Å². The molecule has 0 saturated heterocycles. The second-order valence-corrected chi connectivity index (χ2v) is 6.04. The Morgan fingerprint density at radius 3 is 2.80 bits per heavy atom. The minimum absolute atomic E-state index is 0.0548. The zero-order valence-electron chi connectivity index (χ0n) is 13.0. The number of fused-ring (bicyclic) bond motifs is 3. The third-order valence-corrected chi connectivity index (χ3v) is 4.48. The fourth-order valence-corrected chi connectivity index (χ4v) is 3.35. The van der Waals surface area contributed by atoms with E-state index in [0.29, 0.717) is 34.9 Å². The van der Waals surface area contributed by atoms with Gasteiger partial charge in [0.05, 0.1) is 17.7 Å². The summed E-state index contributed by atoms with van der Waals surface area (Å²) in [7, 11) is 0. The first-order valence-electron chi connectivity index (χ1n) is 7.84. The van der Waals surface area contributed by atoms with Crippen LogP contribution >= 0.6 is 0 Å². The maximum atomic E-state index is 12.4. The fourth-order valence-electron chi connectivity index (χ4n) is 3.35. The first kappa shape index (κ1) is 15.7. The van der Waals surface area contributed by atoms with E-state index in [4.69, 9.17) is 4.52 Å². The van der Waals surface area contributed by atoms with Gasteiger partial charge in [0.25, 0.3) is 0 Å². The zero-order chi connectivity index (χ0) is 17.6. The number of hydrogen-bond donors (Lipinski definition) is 0. The van der Waals surface area contributed by atoms with Gasteiger partial charge < -0.3 is 9.26 Å². The Labute approximate surface area is 140 Å². The summed E-state index contributed by atoms with van der Waals surface area (Å²) in [5.41, 5.74) is 1.01. The highest BCUT2D eigenvalue weighted by atomic mass is 19.3. The Balaban J connectivity index is 1.84. The third kappa shape index (κ3) is 2.75. The summed E-state index contributed by atoms with van der Waals surface area (Å²) in [4.78, 5) is 23.7. The minimum atomic E-state index is -2.90. The molecule has 25 heavy (non-hydrogen) atoms. The van der Waals surface area contributed by atoms with E-state index in [1.54, 1.807) is 18.2 Å². The molecule has 3 aromatic rings. The van der Waals surface area contributed by atoms with Gasteiger partial charge in [0.2, 0.25) is 0 Å². The maximum Gasteiger partial charge on any atom is 0.387 e. The van der Waals surface area contributed by atoms with Gasteiger partial charge in [-0.1, -0.05) is 11.2 Å². The van der Waals surface area contributed by atoms with Crippen LogP contribution in [0.1, 0.15) is 30.9 Å². The van der Waals surface area contributed by atoms with Gasteiger partial charge in [-0.15, -0.1) is 0 Å². The van der Waals surface area contributed by atoms with Crippen molar-refractivity contribution in [2.24, 2.45) is 0 Å². The zero-order valence-corrected chi connectivity index (χ0v) is 13.0. The van der Waals surface area contributed by atoms with Crippen molar-refractivity contribution in [3.63, 3.8) is 0 Å². The molecule has 1 aromatic heterocycles. The summed E-state index contributed by atoms with van der Waals surface area (Å²) in [6.07, 6.45) is 0.653. The van der Waals surface area contributed by atoms with Crippen LogP contribution in [0.15, 0.2) is 34.9 Å². The molecule has 0 N–H and O–H groups in total. The minimum Gasteiger partial charge on any atom is -0.435 e. The van der Waals surface area contributed by atoms with Crippen molar-refractivity contribution in [3.8, 4) is 5.75 Å². The molecule has 1 aliphatic rings. The maximum absolute atomic E-state index is 12.4. The fraction of sp³-hybridized carbons (Fsp3) is 0.278. The van der Waals surface area contributed by atoms with Gasteiger partial charge in [0.1, 0.15) is 23.0 Å². The Hall–Kier alpha value is -2.83. The Morgan fingerprint density at radius 1 is 1.20 bits per heavy atom. The van der Waals surface area contributed by atoms with E-state index >= 15 is 0 Å². The average Bonchev–Trinajstić information content (AvgIpc) is 2.98. The molecule has 1 saturated carbocycles. The van der Waals surface area contributed by atoms with E-state index in [2.05, 4.69) is 9.89 Å². The van der Waals surface area contributed by atoms with Crippen molar-refractivity contribution in [1.82, 2.24) is 5.16 Å². The molecule has 1 atom stereocenters. The number of hydrogen-bond acceptors (Lipinski definition) is 5. The lowest BCUT2D eigenvalue weighted by molar-refractivity contribution is -0.130. The van der Waals surface area contributed by atoms with Gasteiger partial charge in [-0.3, -0.25) is 9.59 Å². The number of Topliss-reactive ketones (excluding diaryl/α,β-unsaturated/α-hetero) is 2. The van der Waals surface area contributed by atoms with Crippen LogP contribution in [0.4, 0.5) is 8.78 Å². The smallest absolute Gasteiger partial charge is 0.387 e. The normalized spacial score (nSPS) is 18.4. The molecule has 1 aliphatic carbocycles. The SMILES string of the molecule is O=C1CC[C@H](c2noc3ccc4cc(OC(F)F)ccc4c23)C(=O)C1. The molecule has 0 bridgehead atoms. The van der Waals surface area contributed by atoms with Crippen molar-refractivity contribution in [2.75, 3.05) is 0 Å². The van der Waals surface area contributed by atoms with E-state index in [1.165, 1.54) is 12.1 Å². The van der Waals surface area contributed by atoms with Crippen LogP contribution < -0.4 is 4.74 Å². The van der Waals surface area contributed by atoms with Crippen molar-refractivity contribution in [2.45, 2.75) is 31.8 Å². The number of carbonyl (C=O) groups excluding carboxylic acids is 2. The van der Waals surface area contributed by atoms with Crippen molar-refractivity contribution in [3.05, 3.63) is 36.0 Å². The number of rotatable bonds is 3. The first-order chi connectivity index (χ1) is 12.0. The highest BCUT2D eigenvalue weighted by Crippen LogP contribution is 2.37. The van der Waals surface area contributed by atoms with Crippen LogP contribution in [0.3, 0.4) is 0 Å². The lowest BCUT2D eigenvalue weighted by atomic mass is 9.83. The molecule has 128 valence electrons. The van der Waals surface area contributed by atoms with Crippen LogP contribution in [0, 0.1) is 0 Å². The number of ketones is 2. The van der Waals surface area contributed by atoms with Crippen LogP contribution in [0.2, 0.25) is 0 Å². The molecule has 0 amide bonds. The van der Waals surface area contributed by atoms with Gasteiger partial charge >= 0.3 is 6.61 Å². The quantitative estimate of drug-likeness (QED) is 0.672. The van der Waals surface area contributed by atoms with Crippen LogP contribution in [-0.2, 0) is 9.59 Å². The lowest BCUT2D eigenvalue weighted by Gasteiger charge is -2.18. The molecule has 1 fully saturated rings. The molecule has 0 aliphatic heterocycles. The molecule has 0 radical (unpaired) electrons. The van der Waals surface area contributed by atoms with Crippen LogP contribution in [0.5, 0.6) is 5.75 Å². The van der Waals surface area contributed by atoms with Crippen molar-refractivity contribution < 1.29 is 27.6 Å². The van der Waals surface area contributed by atoms with E-state index in [9.17, 15) is 18.4 Å². The van der Waals surface area contributed by atoms with E-state index in [1.807, 2.05) is 0 Å². The number of aromatic nitrogens is 1. The van der Waals surface area contributed by atoms with Gasteiger partial charge in [0, 0.05) is 6.42 Å². The first-order valence-corrected chi connectivity index (χ1v) is 7.84. The number of alkyl halides is 2. The second kappa shape index (κ2) is 5.91. The Kier molecular flexibility index (Phi) is 3.71. The van der Waals surface area contributed by atoms with Crippen LogP contribution in [0.25, 0.3) is 21.7 Å². The molecule has 4 rings (SSSR count). The summed E-state index contributed by atoms with van der Waals surface area (Å²) in [6, 6.07) is 7.99. The van der Waals surface area contributed by atoms with E-state index < -0.39 is 12.5 Å². The molecule has 1 heterocycles. The second-order valence-electron chi connectivity index (χ2n) is 6.04. The summed E-state index contributed by atoms with van der Waals surface area (Å²) in [5, 5.41) is 6.14.